The molecule has 1 aliphatic heterocycles. The maximum absolute atomic E-state index is 13.6. The van der Waals surface area contributed by atoms with Gasteiger partial charge in [-0.05, 0) is 60.7 Å². The van der Waals surface area contributed by atoms with E-state index in [0.717, 1.165) is 36.8 Å². The van der Waals surface area contributed by atoms with Crippen LogP contribution in [0.1, 0.15) is 57.5 Å². The topological polar surface area (TPSA) is 139 Å². The molecule has 2 unspecified atom stereocenters. The normalized spacial score (nSPS) is 19.1. The van der Waals surface area contributed by atoms with Crippen molar-refractivity contribution in [2.75, 3.05) is 17.2 Å². The van der Waals surface area contributed by atoms with Crippen molar-refractivity contribution < 1.29 is 14.0 Å². The third-order valence-electron chi connectivity index (χ3n) is 7.03. The summed E-state index contributed by atoms with van der Waals surface area (Å²) in [6.45, 7) is 0.935. The Labute approximate surface area is 214 Å². The highest BCUT2D eigenvalue weighted by atomic mass is 19.1. The number of hydrogen-bond donors (Lipinski definition) is 4. The molecule has 9 nitrogen and oxygen atoms in total. The summed E-state index contributed by atoms with van der Waals surface area (Å²) in [5.41, 5.74) is 15.1. The van der Waals surface area contributed by atoms with Gasteiger partial charge in [-0.3, -0.25) is 9.59 Å². The first-order valence-electron chi connectivity index (χ1n) is 12.5. The lowest BCUT2D eigenvalue weighted by Crippen LogP contribution is -2.43. The van der Waals surface area contributed by atoms with E-state index < -0.39 is 11.7 Å². The van der Waals surface area contributed by atoms with Crippen LogP contribution in [-0.4, -0.2) is 45.3 Å². The number of hydrogen-bond acceptors (Lipinski definition) is 7. The minimum absolute atomic E-state index is 0.0169. The average Bonchev–Trinajstić information content (AvgIpc) is 2.89. The maximum atomic E-state index is 13.6. The molecule has 10 heteroatoms. The Morgan fingerprint density at radius 1 is 1.08 bits per heavy atom. The van der Waals surface area contributed by atoms with Crippen molar-refractivity contribution in [2.24, 2.45) is 11.5 Å². The first kappa shape index (κ1) is 24.6. The number of anilines is 3. The Morgan fingerprint density at radius 3 is 2.70 bits per heavy atom. The van der Waals surface area contributed by atoms with Crippen LogP contribution < -0.4 is 22.1 Å². The lowest BCUT2D eigenvalue weighted by atomic mass is 9.91. The van der Waals surface area contributed by atoms with Crippen molar-refractivity contribution in [1.82, 2.24) is 14.9 Å². The van der Waals surface area contributed by atoms with E-state index in [9.17, 15) is 14.0 Å². The fourth-order valence-electron chi connectivity index (χ4n) is 4.98. The highest BCUT2D eigenvalue weighted by Gasteiger charge is 2.24. The molecular formula is C27H30FN7O2. The maximum Gasteiger partial charge on any atom is 0.254 e. The minimum atomic E-state index is -0.645. The number of fused-ring (bicyclic) bond motifs is 1. The zero-order chi connectivity index (χ0) is 25.9. The standard InChI is InChI=1S/C27H30FN7O2/c28-19-5-3-4-17(12-19)26(37)35-11-10-16-8-9-20(13-18(16)15-35)32-25-21(24(30)36)14-31-27(34-25)33-23-7-2-1-6-22(23)29/h3-5,8-9,12-14,22-23H,1-2,6-7,10-11,15,29H2,(H2,30,36)(H2,31,32,33,34). The quantitative estimate of drug-likeness (QED) is 0.405. The SMILES string of the molecule is NC(=O)c1cnc(NC2CCCCC2N)nc1Nc1ccc2c(c1)CN(C(=O)c1cccc(F)c1)CC2. The predicted molar refractivity (Wildman–Crippen MR) is 139 cm³/mol. The number of amides is 2. The van der Waals surface area contributed by atoms with Gasteiger partial charge in [0.25, 0.3) is 11.8 Å². The molecule has 0 spiro atoms. The van der Waals surface area contributed by atoms with Crippen LogP contribution in [0.15, 0.2) is 48.7 Å². The molecule has 1 fully saturated rings. The van der Waals surface area contributed by atoms with Gasteiger partial charge in [-0.25, -0.2) is 9.37 Å². The van der Waals surface area contributed by atoms with E-state index in [1.54, 1.807) is 11.0 Å². The van der Waals surface area contributed by atoms with Crippen molar-refractivity contribution >= 4 is 29.3 Å². The number of rotatable bonds is 6. The average molecular weight is 504 g/mol. The van der Waals surface area contributed by atoms with Gasteiger partial charge in [0.1, 0.15) is 17.2 Å². The van der Waals surface area contributed by atoms with Crippen LogP contribution in [0.4, 0.5) is 21.8 Å². The number of nitrogens with two attached hydrogens (primary N) is 2. The second kappa shape index (κ2) is 10.5. The van der Waals surface area contributed by atoms with Gasteiger partial charge >= 0.3 is 0 Å². The lowest BCUT2D eigenvalue weighted by Gasteiger charge is -2.30. The molecule has 0 radical (unpaired) electrons. The van der Waals surface area contributed by atoms with Crippen LogP contribution >= 0.6 is 0 Å². The molecule has 1 saturated carbocycles. The molecule has 0 saturated heterocycles. The number of aromatic nitrogens is 2. The van der Waals surface area contributed by atoms with Crippen LogP contribution in [0.25, 0.3) is 0 Å². The molecule has 6 N–H and O–H groups in total. The summed E-state index contributed by atoms with van der Waals surface area (Å²) in [4.78, 5) is 35.5. The van der Waals surface area contributed by atoms with Crippen molar-refractivity contribution in [1.29, 1.82) is 0 Å². The molecule has 37 heavy (non-hydrogen) atoms. The molecule has 2 heterocycles. The first-order chi connectivity index (χ1) is 17.9. The van der Waals surface area contributed by atoms with E-state index >= 15 is 0 Å². The third kappa shape index (κ3) is 5.54. The molecule has 2 aromatic carbocycles. The lowest BCUT2D eigenvalue weighted by molar-refractivity contribution is 0.0734. The van der Waals surface area contributed by atoms with Gasteiger partial charge in [0.15, 0.2) is 0 Å². The molecule has 5 rings (SSSR count). The van der Waals surface area contributed by atoms with Crippen LogP contribution in [0, 0.1) is 5.82 Å². The van der Waals surface area contributed by atoms with Gasteiger partial charge in [0.05, 0.1) is 0 Å². The summed E-state index contributed by atoms with van der Waals surface area (Å²) >= 11 is 0. The summed E-state index contributed by atoms with van der Waals surface area (Å²) in [7, 11) is 0. The van der Waals surface area contributed by atoms with Gasteiger partial charge in [0, 0.05) is 42.6 Å². The second-order valence-corrected chi connectivity index (χ2v) is 9.61. The number of nitrogens with one attached hydrogen (secondary N) is 2. The Hall–Kier alpha value is -4.05. The van der Waals surface area contributed by atoms with Crippen molar-refractivity contribution in [3.05, 3.63) is 76.7 Å². The number of carbonyl (C=O) groups is 2. The van der Waals surface area contributed by atoms with Crippen LogP contribution in [0.5, 0.6) is 0 Å². The molecule has 0 bridgehead atoms. The zero-order valence-electron chi connectivity index (χ0n) is 20.4. The molecule has 2 aliphatic rings. The van der Waals surface area contributed by atoms with E-state index in [1.807, 2.05) is 18.2 Å². The number of nitrogens with zero attached hydrogens (tertiary/aromatic N) is 3. The van der Waals surface area contributed by atoms with Gasteiger partial charge in [-0.1, -0.05) is 25.0 Å². The summed E-state index contributed by atoms with van der Waals surface area (Å²) < 4.78 is 13.6. The Kier molecular flexibility index (Phi) is 7.00. The van der Waals surface area contributed by atoms with E-state index in [2.05, 4.69) is 20.6 Å². The van der Waals surface area contributed by atoms with Crippen molar-refractivity contribution in [3.8, 4) is 0 Å². The second-order valence-electron chi connectivity index (χ2n) is 9.61. The van der Waals surface area contributed by atoms with Gasteiger partial charge in [-0.2, -0.15) is 4.98 Å². The smallest absolute Gasteiger partial charge is 0.254 e. The van der Waals surface area contributed by atoms with E-state index in [1.165, 1.54) is 24.4 Å². The first-order valence-corrected chi connectivity index (χ1v) is 12.5. The van der Waals surface area contributed by atoms with Gasteiger partial charge < -0.3 is 27.0 Å². The Morgan fingerprint density at radius 2 is 1.92 bits per heavy atom. The number of halogens is 1. The van der Waals surface area contributed by atoms with E-state index in [-0.39, 0.29) is 29.4 Å². The number of benzene rings is 2. The van der Waals surface area contributed by atoms with Gasteiger partial charge in [0.2, 0.25) is 5.95 Å². The van der Waals surface area contributed by atoms with Gasteiger partial charge in [-0.15, -0.1) is 0 Å². The van der Waals surface area contributed by atoms with Crippen molar-refractivity contribution in [3.63, 3.8) is 0 Å². The molecule has 3 aromatic rings. The monoisotopic (exact) mass is 503 g/mol. The molecule has 1 aromatic heterocycles. The summed E-state index contributed by atoms with van der Waals surface area (Å²) in [5, 5.41) is 6.50. The minimum Gasteiger partial charge on any atom is -0.365 e. The molecule has 2 amide bonds. The predicted octanol–water partition coefficient (Wildman–Crippen LogP) is 3.34. The van der Waals surface area contributed by atoms with Crippen molar-refractivity contribution in [2.45, 2.75) is 50.7 Å². The van der Waals surface area contributed by atoms with Crippen LogP contribution in [-0.2, 0) is 13.0 Å². The summed E-state index contributed by atoms with van der Waals surface area (Å²) in [5.74, 6) is -0.637. The zero-order valence-corrected chi connectivity index (χ0v) is 20.4. The summed E-state index contributed by atoms with van der Waals surface area (Å²) in [6.07, 6.45) is 6.16. The molecule has 2 atom stereocenters. The van der Waals surface area contributed by atoms with E-state index in [0.29, 0.717) is 36.7 Å². The highest BCUT2D eigenvalue weighted by Crippen LogP contribution is 2.27. The van der Waals surface area contributed by atoms with E-state index in [4.69, 9.17) is 11.5 Å². The Balaban J connectivity index is 1.36. The molecular weight excluding hydrogens is 473 g/mol. The van der Waals surface area contributed by atoms with Crippen LogP contribution in [0.2, 0.25) is 0 Å². The fourth-order valence-corrected chi connectivity index (χ4v) is 4.98. The number of primary amides is 1. The van der Waals surface area contributed by atoms with Crippen LogP contribution in [0.3, 0.4) is 0 Å². The highest BCUT2D eigenvalue weighted by molar-refractivity contribution is 5.98. The Bertz CT molecular complexity index is 1330. The summed E-state index contributed by atoms with van der Waals surface area (Å²) in [6, 6.07) is 11.6. The molecule has 1 aliphatic carbocycles. The fraction of sp³-hybridized carbons (Fsp3) is 0.333. The largest absolute Gasteiger partial charge is 0.365 e. The number of carbonyl (C=O) groups excluding carboxylic acids is 2. The molecule has 192 valence electrons. The third-order valence-corrected chi connectivity index (χ3v) is 7.03.